The van der Waals surface area contributed by atoms with Crippen molar-refractivity contribution >= 4 is 5.95 Å². The van der Waals surface area contributed by atoms with E-state index < -0.39 is 11.6 Å². The molecule has 0 fully saturated rings. The summed E-state index contributed by atoms with van der Waals surface area (Å²) in [6.45, 7) is 0.0767. The summed E-state index contributed by atoms with van der Waals surface area (Å²) in [5.74, 6) is -1.07. The number of benzene rings is 2. The molecule has 0 bridgehead atoms. The van der Waals surface area contributed by atoms with Crippen molar-refractivity contribution in [2.45, 2.75) is 6.54 Å². The molecule has 0 saturated heterocycles. The molecule has 0 spiro atoms. The molecule has 0 saturated carbocycles. The first kappa shape index (κ1) is 14.9. The minimum Gasteiger partial charge on any atom is -0.352 e. The Balaban J connectivity index is 1.83. The third kappa shape index (κ3) is 3.60. The van der Waals surface area contributed by atoms with Crippen LogP contribution in [0, 0.1) is 11.6 Å². The van der Waals surface area contributed by atoms with Crippen LogP contribution >= 0.6 is 0 Å². The minimum absolute atomic E-state index is 0.0767. The molecule has 3 aromatic rings. The highest BCUT2D eigenvalue weighted by molar-refractivity contribution is 5.59. The van der Waals surface area contributed by atoms with Crippen LogP contribution in [-0.4, -0.2) is 9.97 Å². The molecular formula is C17H13F2N3O. The minimum atomic E-state index is -0.654. The Kier molecular flexibility index (Phi) is 4.14. The maximum atomic E-state index is 13.6. The molecule has 23 heavy (non-hydrogen) atoms. The van der Waals surface area contributed by atoms with Crippen LogP contribution in [0.2, 0.25) is 0 Å². The van der Waals surface area contributed by atoms with Crippen LogP contribution in [0.5, 0.6) is 0 Å². The van der Waals surface area contributed by atoms with E-state index in [-0.39, 0.29) is 23.6 Å². The van der Waals surface area contributed by atoms with Crippen LogP contribution < -0.4 is 10.9 Å². The zero-order valence-corrected chi connectivity index (χ0v) is 12.0. The molecule has 0 aliphatic rings. The number of nitrogens with zero attached hydrogens (tertiary/aromatic N) is 1. The molecule has 1 aromatic heterocycles. The Morgan fingerprint density at radius 1 is 1.04 bits per heavy atom. The highest BCUT2D eigenvalue weighted by Crippen LogP contribution is 2.16. The van der Waals surface area contributed by atoms with Gasteiger partial charge in [-0.25, -0.2) is 13.8 Å². The van der Waals surface area contributed by atoms with Crippen LogP contribution in [0.15, 0.2) is 59.4 Å². The van der Waals surface area contributed by atoms with Crippen molar-refractivity contribution in [1.82, 2.24) is 9.97 Å². The lowest BCUT2D eigenvalue weighted by atomic mass is 10.1. The quantitative estimate of drug-likeness (QED) is 0.777. The molecule has 6 heteroatoms. The van der Waals surface area contributed by atoms with Gasteiger partial charge in [-0.3, -0.25) is 9.78 Å². The molecule has 0 amide bonds. The zero-order chi connectivity index (χ0) is 16.2. The molecule has 0 aliphatic heterocycles. The van der Waals surface area contributed by atoms with E-state index in [1.807, 2.05) is 30.3 Å². The molecule has 0 atom stereocenters. The van der Waals surface area contributed by atoms with E-state index in [2.05, 4.69) is 15.3 Å². The number of anilines is 1. The van der Waals surface area contributed by atoms with Gasteiger partial charge in [0.25, 0.3) is 5.56 Å². The average Bonchev–Trinajstić information content (AvgIpc) is 2.54. The molecule has 0 radical (unpaired) electrons. The fraction of sp³-hybridized carbons (Fsp3) is 0.0588. The summed E-state index contributed by atoms with van der Waals surface area (Å²) in [5.41, 5.74) is 1.27. The molecule has 1 heterocycles. The summed E-state index contributed by atoms with van der Waals surface area (Å²) in [4.78, 5) is 18.6. The summed E-state index contributed by atoms with van der Waals surface area (Å²) in [7, 11) is 0. The summed E-state index contributed by atoms with van der Waals surface area (Å²) in [5, 5.41) is 2.84. The number of rotatable bonds is 4. The second-order valence-electron chi connectivity index (χ2n) is 4.93. The fourth-order valence-corrected chi connectivity index (χ4v) is 2.14. The number of aromatic amines is 1. The van der Waals surface area contributed by atoms with E-state index >= 15 is 0 Å². The number of hydrogen-bond donors (Lipinski definition) is 2. The van der Waals surface area contributed by atoms with Gasteiger partial charge in [-0.1, -0.05) is 36.4 Å². The second kappa shape index (κ2) is 6.39. The van der Waals surface area contributed by atoms with Gasteiger partial charge in [-0.15, -0.1) is 0 Å². The fourth-order valence-electron chi connectivity index (χ4n) is 2.14. The van der Waals surface area contributed by atoms with E-state index in [4.69, 9.17) is 0 Å². The van der Waals surface area contributed by atoms with Crippen molar-refractivity contribution < 1.29 is 8.78 Å². The number of halogens is 2. The Labute approximate surface area is 130 Å². The Morgan fingerprint density at radius 3 is 2.57 bits per heavy atom. The molecule has 3 rings (SSSR count). The maximum Gasteiger partial charge on any atom is 0.252 e. The average molecular weight is 313 g/mol. The van der Waals surface area contributed by atoms with Crippen molar-refractivity contribution in [3.05, 3.63) is 82.1 Å². The largest absolute Gasteiger partial charge is 0.352 e. The third-order valence-corrected chi connectivity index (χ3v) is 3.27. The van der Waals surface area contributed by atoms with Crippen molar-refractivity contribution in [3.63, 3.8) is 0 Å². The molecule has 0 unspecified atom stereocenters. The molecule has 2 N–H and O–H groups in total. The van der Waals surface area contributed by atoms with E-state index in [9.17, 15) is 13.6 Å². The predicted octanol–water partition coefficient (Wildman–Crippen LogP) is 3.33. The van der Waals surface area contributed by atoms with Gasteiger partial charge in [-0.05, 0) is 6.07 Å². The Hall–Kier alpha value is -3.02. The summed E-state index contributed by atoms with van der Waals surface area (Å²) >= 11 is 0. The number of aromatic nitrogens is 2. The standard InChI is InChI=1S/C17H13F2N3O/c18-13-7-6-12(14(19)8-13)10-20-17-21-15(9-16(23)22-17)11-4-2-1-3-5-11/h1-9H,10H2,(H2,20,21,22,23). The van der Waals surface area contributed by atoms with Crippen molar-refractivity contribution in [1.29, 1.82) is 0 Å². The van der Waals surface area contributed by atoms with Crippen LogP contribution in [0.1, 0.15) is 5.56 Å². The molecule has 2 aromatic carbocycles. The lowest BCUT2D eigenvalue weighted by molar-refractivity contribution is 0.574. The number of hydrogen-bond acceptors (Lipinski definition) is 3. The van der Waals surface area contributed by atoms with Gasteiger partial charge in [-0.2, -0.15) is 0 Å². The highest BCUT2D eigenvalue weighted by atomic mass is 19.1. The first-order valence-electron chi connectivity index (χ1n) is 6.96. The van der Waals surface area contributed by atoms with Gasteiger partial charge >= 0.3 is 0 Å². The van der Waals surface area contributed by atoms with Crippen molar-refractivity contribution in [2.75, 3.05) is 5.32 Å². The van der Waals surface area contributed by atoms with Crippen molar-refractivity contribution in [2.24, 2.45) is 0 Å². The first-order chi connectivity index (χ1) is 11.1. The van der Waals surface area contributed by atoms with Crippen LogP contribution in [0.4, 0.5) is 14.7 Å². The van der Waals surface area contributed by atoms with Crippen LogP contribution in [0.3, 0.4) is 0 Å². The second-order valence-corrected chi connectivity index (χ2v) is 4.93. The van der Waals surface area contributed by atoms with E-state index in [0.29, 0.717) is 5.69 Å². The lowest BCUT2D eigenvalue weighted by Crippen LogP contribution is -2.13. The summed E-state index contributed by atoms with van der Waals surface area (Å²) in [6, 6.07) is 14.0. The zero-order valence-electron chi connectivity index (χ0n) is 12.0. The number of nitrogens with one attached hydrogen (secondary N) is 2. The van der Waals surface area contributed by atoms with Gasteiger partial charge in [0.15, 0.2) is 0 Å². The van der Waals surface area contributed by atoms with Gasteiger partial charge in [0.2, 0.25) is 5.95 Å². The third-order valence-electron chi connectivity index (χ3n) is 3.27. The van der Waals surface area contributed by atoms with Gasteiger partial charge in [0.05, 0.1) is 5.69 Å². The predicted molar refractivity (Wildman–Crippen MR) is 84.0 cm³/mol. The van der Waals surface area contributed by atoms with E-state index in [1.54, 1.807) is 0 Å². The van der Waals surface area contributed by atoms with Crippen molar-refractivity contribution in [3.8, 4) is 11.3 Å². The van der Waals surface area contributed by atoms with Crippen LogP contribution in [0.25, 0.3) is 11.3 Å². The molecule has 116 valence electrons. The lowest BCUT2D eigenvalue weighted by Gasteiger charge is -2.08. The van der Waals surface area contributed by atoms with Gasteiger partial charge in [0, 0.05) is 29.8 Å². The summed E-state index contributed by atoms with van der Waals surface area (Å²) < 4.78 is 26.5. The first-order valence-corrected chi connectivity index (χ1v) is 6.96. The summed E-state index contributed by atoms with van der Waals surface area (Å²) in [6.07, 6.45) is 0. The Morgan fingerprint density at radius 2 is 1.83 bits per heavy atom. The SMILES string of the molecule is O=c1cc(-c2ccccc2)nc(NCc2ccc(F)cc2F)[nH]1. The molecule has 0 aliphatic carbocycles. The van der Waals surface area contributed by atoms with Crippen LogP contribution in [-0.2, 0) is 6.54 Å². The molecular weight excluding hydrogens is 300 g/mol. The smallest absolute Gasteiger partial charge is 0.252 e. The number of H-pyrrole nitrogens is 1. The monoisotopic (exact) mass is 313 g/mol. The van der Waals surface area contributed by atoms with E-state index in [1.165, 1.54) is 18.2 Å². The van der Waals surface area contributed by atoms with E-state index in [0.717, 1.165) is 11.6 Å². The topological polar surface area (TPSA) is 57.8 Å². The molecule has 4 nitrogen and oxygen atoms in total. The maximum absolute atomic E-state index is 13.6. The Bertz CT molecular complexity index is 879. The van der Waals surface area contributed by atoms with Gasteiger partial charge in [0.1, 0.15) is 11.6 Å². The highest BCUT2D eigenvalue weighted by Gasteiger charge is 2.06. The normalized spacial score (nSPS) is 10.5. The van der Waals surface area contributed by atoms with Gasteiger partial charge < -0.3 is 5.32 Å².